The number of hydrogen-bond acceptors (Lipinski definition) is 4. The lowest BCUT2D eigenvalue weighted by atomic mass is 9.97. The summed E-state index contributed by atoms with van der Waals surface area (Å²) in [6, 6.07) is 15.9. The Bertz CT molecular complexity index is 1580. The summed E-state index contributed by atoms with van der Waals surface area (Å²) >= 11 is 6.14. The van der Waals surface area contributed by atoms with Crippen LogP contribution in [0.25, 0.3) is 16.6 Å². The zero-order valence-electron chi connectivity index (χ0n) is 20.6. The number of nitrogens with zero attached hydrogens (tertiary/aromatic N) is 2. The molecule has 1 aliphatic heterocycles. The first-order valence-corrected chi connectivity index (χ1v) is 12.6. The van der Waals surface area contributed by atoms with E-state index in [1.54, 1.807) is 71.9 Å². The molecule has 0 aliphatic carbocycles. The van der Waals surface area contributed by atoms with E-state index >= 15 is 0 Å². The molecule has 3 amide bonds. The van der Waals surface area contributed by atoms with Gasteiger partial charge in [0.05, 0.1) is 17.1 Å². The third-order valence-corrected chi connectivity index (χ3v) is 7.13. The molecule has 9 nitrogen and oxygen atoms in total. The maximum Gasteiger partial charge on any atom is 0.255 e. The molecule has 10 heteroatoms. The van der Waals surface area contributed by atoms with E-state index in [2.05, 4.69) is 15.6 Å². The number of carbonyl (C=O) groups excluding carboxylic acids is 3. The molecule has 1 fully saturated rings. The highest BCUT2D eigenvalue weighted by Gasteiger charge is 2.33. The maximum absolute atomic E-state index is 13.1. The van der Waals surface area contributed by atoms with Crippen molar-refractivity contribution in [2.24, 2.45) is 0 Å². The van der Waals surface area contributed by atoms with Crippen LogP contribution in [0, 0.1) is 0 Å². The van der Waals surface area contributed by atoms with E-state index in [-0.39, 0.29) is 35.9 Å². The Morgan fingerprint density at radius 1 is 0.947 bits per heavy atom. The van der Waals surface area contributed by atoms with Crippen LogP contribution in [0.4, 0.5) is 0 Å². The Kier molecular flexibility index (Phi) is 7.02. The molecule has 4 aromatic rings. The molecule has 0 saturated carbocycles. The second kappa shape index (κ2) is 10.5. The fourth-order valence-electron chi connectivity index (χ4n) is 4.71. The first kappa shape index (κ1) is 25.3. The van der Waals surface area contributed by atoms with Crippen LogP contribution in [-0.2, 0) is 4.79 Å². The standard InChI is InChI=1S/C28H26ClN5O4/c1-17(35)33-13-11-23(31-28(38)19-7-10-21-22(29)15-30-24(21)14-19)25(16-33)32-27(37)18-5-8-20(9-6-18)34-12-3-2-4-26(34)36/h2-10,12,14-15,23,25,30H,11,13,16H2,1H3,(H,31,38)(H,32,37)/t23-,25+/m0/s1. The van der Waals surface area contributed by atoms with Crippen molar-refractivity contribution in [3.05, 3.63) is 99.6 Å². The van der Waals surface area contributed by atoms with E-state index in [1.807, 2.05) is 0 Å². The zero-order valence-corrected chi connectivity index (χ0v) is 21.4. The van der Waals surface area contributed by atoms with Gasteiger partial charge in [0.15, 0.2) is 0 Å². The highest BCUT2D eigenvalue weighted by atomic mass is 35.5. The average molecular weight is 532 g/mol. The molecule has 194 valence electrons. The van der Waals surface area contributed by atoms with Crippen LogP contribution in [0.5, 0.6) is 0 Å². The normalized spacial score (nSPS) is 17.3. The molecule has 2 aromatic heterocycles. The number of H-pyrrole nitrogens is 1. The predicted octanol–water partition coefficient (Wildman–Crippen LogP) is 3.12. The molecule has 0 bridgehead atoms. The molecular weight excluding hydrogens is 506 g/mol. The highest BCUT2D eigenvalue weighted by molar-refractivity contribution is 6.35. The van der Waals surface area contributed by atoms with Gasteiger partial charge in [-0.25, -0.2) is 0 Å². The summed E-state index contributed by atoms with van der Waals surface area (Å²) in [4.78, 5) is 55.1. The Morgan fingerprint density at radius 2 is 1.66 bits per heavy atom. The number of amides is 3. The number of hydrogen-bond donors (Lipinski definition) is 3. The molecule has 1 saturated heterocycles. The van der Waals surface area contributed by atoms with Crippen molar-refractivity contribution in [1.82, 2.24) is 25.1 Å². The molecule has 3 heterocycles. The van der Waals surface area contributed by atoms with Gasteiger partial charge in [0, 0.05) is 66.2 Å². The van der Waals surface area contributed by atoms with Crippen LogP contribution in [0.15, 0.2) is 77.9 Å². The maximum atomic E-state index is 13.1. The van der Waals surface area contributed by atoms with Gasteiger partial charge in [-0.2, -0.15) is 0 Å². The fourth-order valence-corrected chi connectivity index (χ4v) is 4.93. The number of carbonyl (C=O) groups is 3. The van der Waals surface area contributed by atoms with E-state index in [0.29, 0.717) is 34.8 Å². The third-order valence-electron chi connectivity index (χ3n) is 6.81. The molecule has 38 heavy (non-hydrogen) atoms. The summed E-state index contributed by atoms with van der Waals surface area (Å²) in [5.41, 5.74) is 2.07. The van der Waals surface area contributed by atoms with Gasteiger partial charge >= 0.3 is 0 Å². The Labute approximate surface area is 223 Å². The fraction of sp³-hybridized carbons (Fsp3) is 0.214. The minimum Gasteiger partial charge on any atom is -0.360 e. The number of aromatic nitrogens is 2. The molecule has 2 aromatic carbocycles. The summed E-state index contributed by atoms with van der Waals surface area (Å²) in [6.07, 6.45) is 3.82. The van der Waals surface area contributed by atoms with Crippen LogP contribution in [0.3, 0.4) is 0 Å². The minimum absolute atomic E-state index is 0.0965. The lowest BCUT2D eigenvalue weighted by Gasteiger charge is -2.39. The molecule has 5 rings (SSSR count). The van der Waals surface area contributed by atoms with Crippen LogP contribution < -0.4 is 16.2 Å². The van der Waals surface area contributed by atoms with Crippen molar-refractivity contribution in [2.75, 3.05) is 13.1 Å². The Hall–Kier alpha value is -4.37. The molecular formula is C28H26ClN5O4. The first-order valence-electron chi connectivity index (χ1n) is 12.2. The second-order valence-corrected chi connectivity index (χ2v) is 9.67. The largest absolute Gasteiger partial charge is 0.360 e. The summed E-state index contributed by atoms with van der Waals surface area (Å²) < 4.78 is 1.48. The quantitative estimate of drug-likeness (QED) is 0.367. The third kappa shape index (κ3) is 5.19. The lowest BCUT2D eigenvalue weighted by molar-refractivity contribution is -0.130. The van der Waals surface area contributed by atoms with Crippen LogP contribution in [-0.4, -0.2) is 57.3 Å². The number of fused-ring (bicyclic) bond motifs is 1. The number of rotatable bonds is 5. The number of likely N-dealkylation sites (tertiary alicyclic amines) is 1. The predicted molar refractivity (Wildman–Crippen MR) is 145 cm³/mol. The van der Waals surface area contributed by atoms with Crippen LogP contribution in [0.2, 0.25) is 5.02 Å². The summed E-state index contributed by atoms with van der Waals surface area (Å²) in [5.74, 6) is -0.717. The van der Waals surface area contributed by atoms with E-state index in [0.717, 1.165) is 10.9 Å². The van der Waals surface area contributed by atoms with Gasteiger partial charge in [0.25, 0.3) is 17.4 Å². The van der Waals surface area contributed by atoms with Crippen molar-refractivity contribution < 1.29 is 14.4 Å². The molecule has 0 unspecified atom stereocenters. The molecule has 0 radical (unpaired) electrons. The first-order chi connectivity index (χ1) is 18.3. The Balaban J connectivity index is 1.32. The number of nitrogens with one attached hydrogen (secondary N) is 3. The van der Waals surface area contributed by atoms with Gasteiger partial charge in [0.2, 0.25) is 5.91 Å². The Morgan fingerprint density at radius 3 is 2.39 bits per heavy atom. The van der Waals surface area contributed by atoms with Crippen molar-refractivity contribution in [2.45, 2.75) is 25.4 Å². The summed E-state index contributed by atoms with van der Waals surface area (Å²) in [7, 11) is 0. The van der Waals surface area contributed by atoms with Crippen molar-refractivity contribution in [3.63, 3.8) is 0 Å². The van der Waals surface area contributed by atoms with E-state index in [1.165, 1.54) is 17.6 Å². The molecule has 2 atom stereocenters. The van der Waals surface area contributed by atoms with Crippen LogP contribution >= 0.6 is 11.6 Å². The van der Waals surface area contributed by atoms with Gasteiger partial charge in [-0.1, -0.05) is 23.7 Å². The summed E-state index contributed by atoms with van der Waals surface area (Å²) in [5, 5.41) is 7.43. The number of aromatic amines is 1. The zero-order chi connectivity index (χ0) is 26.8. The smallest absolute Gasteiger partial charge is 0.255 e. The van der Waals surface area contributed by atoms with Gasteiger partial charge in [-0.05, 0) is 48.9 Å². The van der Waals surface area contributed by atoms with Crippen LogP contribution in [0.1, 0.15) is 34.1 Å². The van der Waals surface area contributed by atoms with E-state index in [9.17, 15) is 19.2 Å². The highest BCUT2D eigenvalue weighted by Crippen LogP contribution is 2.24. The minimum atomic E-state index is -0.496. The number of piperidine rings is 1. The average Bonchev–Trinajstić information content (AvgIpc) is 3.29. The number of halogens is 1. The number of pyridine rings is 1. The molecule has 1 aliphatic rings. The van der Waals surface area contributed by atoms with Gasteiger partial charge < -0.3 is 20.5 Å². The lowest BCUT2D eigenvalue weighted by Crippen LogP contribution is -2.61. The molecule has 3 N–H and O–H groups in total. The van der Waals surface area contributed by atoms with Crippen molar-refractivity contribution in [3.8, 4) is 5.69 Å². The number of benzene rings is 2. The second-order valence-electron chi connectivity index (χ2n) is 9.27. The van der Waals surface area contributed by atoms with E-state index in [4.69, 9.17) is 11.6 Å². The topological polar surface area (TPSA) is 116 Å². The summed E-state index contributed by atoms with van der Waals surface area (Å²) in [6.45, 7) is 2.23. The van der Waals surface area contributed by atoms with Gasteiger partial charge in [0.1, 0.15) is 0 Å². The SMILES string of the molecule is CC(=O)N1CC[C@H](NC(=O)c2ccc3c(Cl)c[nH]c3c2)[C@H](NC(=O)c2ccc(-n3ccccc3=O)cc2)C1. The van der Waals surface area contributed by atoms with Crippen molar-refractivity contribution >= 4 is 40.2 Å². The monoisotopic (exact) mass is 531 g/mol. The molecule has 0 spiro atoms. The van der Waals surface area contributed by atoms with Gasteiger partial charge in [-0.3, -0.25) is 23.7 Å². The van der Waals surface area contributed by atoms with E-state index < -0.39 is 6.04 Å². The van der Waals surface area contributed by atoms with Crippen molar-refractivity contribution in [1.29, 1.82) is 0 Å². The van der Waals surface area contributed by atoms with Gasteiger partial charge in [-0.15, -0.1) is 0 Å².